The van der Waals surface area contributed by atoms with Crippen molar-refractivity contribution in [3.63, 3.8) is 0 Å². The van der Waals surface area contributed by atoms with Gasteiger partial charge in [0.15, 0.2) is 0 Å². The molecule has 0 heterocycles. The van der Waals surface area contributed by atoms with Crippen molar-refractivity contribution in [1.29, 1.82) is 0 Å². The van der Waals surface area contributed by atoms with Crippen LogP contribution in [0, 0.1) is 11.6 Å². The van der Waals surface area contributed by atoms with Crippen LogP contribution in [0.5, 0.6) is 0 Å². The topological polar surface area (TPSA) is 70.2 Å². The number of imide groups is 1. The van der Waals surface area contributed by atoms with Gasteiger partial charge < -0.3 is 5.32 Å². The van der Waals surface area contributed by atoms with E-state index in [0.29, 0.717) is 6.54 Å². The van der Waals surface area contributed by atoms with Crippen LogP contribution in [-0.4, -0.2) is 24.5 Å². The molecule has 2 atom stereocenters. The second kappa shape index (κ2) is 7.68. The van der Waals surface area contributed by atoms with Gasteiger partial charge in [-0.2, -0.15) is 0 Å². The summed E-state index contributed by atoms with van der Waals surface area (Å²) in [4.78, 5) is 23.0. The first kappa shape index (κ1) is 17.0. The third-order valence-electron chi connectivity index (χ3n) is 2.90. The highest BCUT2D eigenvalue weighted by Crippen LogP contribution is 2.18. The normalized spacial score (nSPS) is 13.4. The summed E-state index contributed by atoms with van der Waals surface area (Å²) >= 11 is 0. The molecule has 0 radical (unpaired) electrons. The second-order valence-corrected chi connectivity index (χ2v) is 4.62. The number of urea groups is 1. The van der Waals surface area contributed by atoms with Crippen molar-refractivity contribution in [2.75, 3.05) is 6.54 Å². The molecule has 1 rings (SSSR count). The number of halogens is 2. The molecule has 21 heavy (non-hydrogen) atoms. The number of benzene rings is 1. The number of carbonyl (C=O) groups is 2. The van der Waals surface area contributed by atoms with Crippen LogP contribution in [0.1, 0.15) is 32.4 Å². The third kappa shape index (κ3) is 5.11. The molecule has 0 saturated carbocycles. The fourth-order valence-electron chi connectivity index (χ4n) is 1.82. The van der Waals surface area contributed by atoms with Crippen molar-refractivity contribution in [1.82, 2.24) is 16.0 Å². The zero-order chi connectivity index (χ0) is 16.0. The quantitative estimate of drug-likeness (QED) is 0.777. The highest BCUT2D eigenvalue weighted by molar-refractivity contribution is 5.96. The van der Waals surface area contributed by atoms with Gasteiger partial charge in [0.2, 0.25) is 5.91 Å². The molecule has 0 aromatic heterocycles. The van der Waals surface area contributed by atoms with Crippen molar-refractivity contribution in [2.24, 2.45) is 0 Å². The molecule has 5 nitrogen and oxygen atoms in total. The van der Waals surface area contributed by atoms with Gasteiger partial charge in [-0.1, -0.05) is 6.07 Å². The molecule has 116 valence electrons. The van der Waals surface area contributed by atoms with Gasteiger partial charge in [-0.05, 0) is 26.8 Å². The lowest BCUT2D eigenvalue weighted by molar-refractivity contribution is -0.121. The van der Waals surface area contributed by atoms with Gasteiger partial charge in [0.25, 0.3) is 0 Å². The van der Waals surface area contributed by atoms with Crippen molar-refractivity contribution in [3.8, 4) is 0 Å². The summed E-state index contributed by atoms with van der Waals surface area (Å²) in [6.45, 7) is 5.32. The molecule has 3 amide bonds. The monoisotopic (exact) mass is 299 g/mol. The van der Waals surface area contributed by atoms with E-state index in [-0.39, 0.29) is 5.56 Å². The average Bonchev–Trinajstić information content (AvgIpc) is 2.38. The van der Waals surface area contributed by atoms with Crippen molar-refractivity contribution >= 4 is 11.9 Å². The lowest BCUT2D eigenvalue weighted by Crippen LogP contribution is -2.48. The minimum Gasteiger partial charge on any atom is -0.338 e. The van der Waals surface area contributed by atoms with E-state index in [2.05, 4.69) is 16.0 Å². The highest BCUT2D eigenvalue weighted by atomic mass is 19.1. The Bertz CT molecular complexity index is 523. The van der Waals surface area contributed by atoms with Gasteiger partial charge in [0, 0.05) is 24.2 Å². The third-order valence-corrected chi connectivity index (χ3v) is 2.90. The van der Waals surface area contributed by atoms with Crippen LogP contribution in [0.3, 0.4) is 0 Å². The summed E-state index contributed by atoms with van der Waals surface area (Å²) in [6, 6.07) is 1.43. The van der Waals surface area contributed by atoms with Gasteiger partial charge in [-0.25, -0.2) is 13.6 Å². The molecule has 1 aromatic carbocycles. The molecule has 0 bridgehead atoms. The van der Waals surface area contributed by atoms with Crippen molar-refractivity contribution in [3.05, 3.63) is 35.4 Å². The summed E-state index contributed by atoms with van der Waals surface area (Å²) in [5.41, 5.74) is 0.244. The number of nitrogens with one attached hydrogen (secondary N) is 3. The van der Waals surface area contributed by atoms with Gasteiger partial charge in [0.1, 0.15) is 11.6 Å². The van der Waals surface area contributed by atoms with Crippen LogP contribution in [0.25, 0.3) is 0 Å². The molecular formula is C14H19F2N3O2. The zero-order valence-corrected chi connectivity index (χ0v) is 12.2. The number of hydrogen-bond acceptors (Lipinski definition) is 3. The fraction of sp³-hybridized carbons (Fsp3) is 0.429. The van der Waals surface area contributed by atoms with E-state index in [0.717, 1.165) is 12.1 Å². The smallest absolute Gasteiger partial charge is 0.321 e. The lowest BCUT2D eigenvalue weighted by Gasteiger charge is -2.20. The van der Waals surface area contributed by atoms with Crippen LogP contribution in [0.2, 0.25) is 0 Å². The fourth-order valence-corrected chi connectivity index (χ4v) is 1.82. The molecule has 0 aliphatic rings. The maximum Gasteiger partial charge on any atom is 0.321 e. The van der Waals surface area contributed by atoms with E-state index in [1.165, 1.54) is 6.07 Å². The molecule has 0 saturated heterocycles. The average molecular weight is 299 g/mol. The first-order valence-electron chi connectivity index (χ1n) is 6.64. The molecule has 0 aliphatic carbocycles. The Morgan fingerprint density at radius 3 is 2.48 bits per heavy atom. The minimum atomic E-state index is -0.716. The van der Waals surface area contributed by atoms with Crippen molar-refractivity contribution in [2.45, 2.75) is 32.9 Å². The Morgan fingerprint density at radius 2 is 1.90 bits per heavy atom. The molecule has 0 fully saturated rings. The summed E-state index contributed by atoms with van der Waals surface area (Å²) in [5.74, 6) is -1.88. The number of carbonyl (C=O) groups excluding carboxylic acids is 2. The number of amides is 3. The lowest BCUT2D eigenvalue weighted by atomic mass is 10.1. The van der Waals surface area contributed by atoms with Crippen LogP contribution in [-0.2, 0) is 4.79 Å². The first-order chi connectivity index (χ1) is 9.85. The molecule has 3 N–H and O–H groups in total. The zero-order valence-electron chi connectivity index (χ0n) is 12.2. The van der Waals surface area contributed by atoms with Crippen LogP contribution in [0.15, 0.2) is 18.2 Å². The number of rotatable bonds is 5. The Balaban J connectivity index is 2.62. The molecule has 1 aromatic rings. The summed E-state index contributed by atoms with van der Waals surface area (Å²) in [5, 5.41) is 7.44. The standard InChI is InChI=1S/C14H19F2N3O2/c1-4-17-14(21)19-13(20)9(3)18-8(2)11-6-5-10(15)7-12(11)16/h5-9,18H,4H2,1-3H3,(H2,17,19,20,21)/t8-,9-/m0/s1. The predicted molar refractivity (Wildman–Crippen MR) is 74.6 cm³/mol. The van der Waals surface area contributed by atoms with Crippen LogP contribution >= 0.6 is 0 Å². The Kier molecular flexibility index (Phi) is 6.23. The van der Waals surface area contributed by atoms with E-state index in [4.69, 9.17) is 0 Å². The Hall–Kier alpha value is -2.02. The van der Waals surface area contributed by atoms with Gasteiger partial charge in [-0.15, -0.1) is 0 Å². The maximum atomic E-state index is 13.6. The predicted octanol–water partition coefficient (Wildman–Crippen LogP) is 1.85. The van der Waals surface area contributed by atoms with E-state index < -0.39 is 35.7 Å². The highest BCUT2D eigenvalue weighted by Gasteiger charge is 2.19. The maximum absolute atomic E-state index is 13.6. The Labute approximate surface area is 122 Å². The van der Waals surface area contributed by atoms with E-state index in [9.17, 15) is 18.4 Å². The molecule has 0 aliphatic heterocycles. The van der Waals surface area contributed by atoms with Gasteiger partial charge in [0.05, 0.1) is 6.04 Å². The largest absolute Gasteiger partial charge is 0.338 e. The summed E-state index contributed by atoms with van der Waals surface area (Å²) in [7, 11) is 0. The molecule has 0 spiro atoms. The Morgan fingerprint density at radius 1 is 1.24 bits per heavy atom. The second-order valence-electron chi connectivity index (χ2n) is 4.62. The molecule has 7 heteroatoms. The van der Waals surface area contributed by atoms with Gasteiger partial charge in [-0.3, -0.25) is 15.4 Å². The summed E-state index contributed by atoms with van der Waals surface area (Å²) < 4.78 is 26.5. The van der Waals surface area contributed by atoms with Gasteiger partial charge >= 0.3 is 6.03 Å². The van der Waals surface area contributed by atoms with E-state index >= 15 is 0 Å². The number of hydrogen-bond donors (Lipinski definition) is 3. The molecule has 0 unspecified atom stereocenters. The summed E-state index contributed by atoms with van der Waals surface area (Å²) in [6.07, 6.45) is 0. The van der Waals surface area contributed by atoms with E-state index in [1.807, 2.05) is 0 Å². The van der Waals surface area contributed by atoms with Crippen LogP contribution < -0.4 is 16.0 Å². The van der Waals surface area contributed by atoms with E-state index in [1.54, 1.807) is 20.8 Å². The SMILES string of the molecule is CCNC(=O)NC(=O)[C@H](C)N[C@@H](C)c1ccc(F)cc1F. The molecular weight excluding hydrogens is 280 g/mol. The minimum absolute atomic E-state index is 0.244. The first-order valence-corrected chi connectivity index (χ1v) is 6.64. The van der Waals surface area contributed by atoms with Crippen LogP contribution in [0.4, 0.5) is 13.6 Å². The van der Waals surface area contributed by atoms with Crippen molar-refractivity contribution < 1.29 is 18.4 Å².